The number of nitrogens with zero attached hydrogens (tertiary/aromatic N) is 1. The van der Waals surface area contributed by atoms with Crippen LogP contribution in [0, 0.1) is 11.3 Å². The number of likely N-dealkylation sites (tertiary alicyclic amines) is 1. The Bertz CT molecular complexity index is 345. The highest BCUT2D eigenvalue weighted by molar-refractivity contribution is 5.77. The highest BCUT2D eigenvalue weighted by Crippen LogP contribution is 2.35. The second kappa shape index (κ2) is 6.68. The average Bonchev–Trinajstić information content (AvgIpc) is 2.47. The molecule has 1 N–H and O–H groups in total. The monoisotopic (exact) mass is 294 g/mol. The lowest BCUT2D eigenvalue weighted by Gasteiger charge is -2.41. The molecule has 1 heterocycles. The molecule has 1 aliphatic heterocycles. The van der Waals surface area contributed by atoms with Crippen molar-refractivity contribution in [3.8, 4) is 0 Å². The minimum Gasteiger partial charge on any atom is -0.343 e. The van der Waals surface area contributed by atoms with Crippen LogP contribution in [0.15, 0.2) is 0 Å². The zero-order valence-corrected chi connectivity index (χ0v) is 14.5. The van der Waals surface area contributed by atoms with E-state index in [4.69, 9.17) is 0 Å². The van der Waals surface area contributed by atoms with Crippen molar-refractivity contribution in [3.63, 3.8) is 0 Å². The van der Waals surface area contributed by atoms with Gasteiger partial charge >= 0.3 is 0 Å². The topological polar surface area (TPSA) is 32.3 Å². The van der Waals surface area contributed by atoms with Gasteiger partial charge in [0.05, 0.1) is 0 Å². The van der Waals surface area contributed by atoms with E-state index in [2.05, 4.69) is 31.0 Å². The third-order valence-corrected chi connectivity index (χ3v) is 5.90. The first-order valence-electron chi connectivity index (χ1n) is 8.83. The van der Waals surface area contributed by atoms with Gasteiger partial charge < -0.3 is 10.2 Å². The zero-order valence-electron chi connectivity index (χ0n) is 14.5. The van der Waals surface area contributed by atoms with Crippen LogP contribution in [-0.2, 0) is 4.79 Å². The molecule has 2 aliphatic rings. The van der Waals surface area contributed by atoms with Gasteiger partial charge in [-0.05, 0) is 44.1 Å². The molecule has 0 unspecified atom stereocenters. The van der Waals surface area contributed by atoms with Gasteiger partial charge in [0.15, 0.2) is 0 Å². The fraction of sp³-hybridized carbons (Fsp3) is 0.944. The predicted molar refractivity (Wildman–Crippen MR) is 88.3 cm³/mol. The second-order valence-electron chi connectivity index (χ2n) is 8.29. The molecular weight excluding hydrogens is 260 g/mol. The first-order valence-corrected chi connectivity index (χ1v) is 8.83. The molecular formula is C18H34N2O. The summed E-state index contributed by atoms with van der Waals surface area (Å²) < 4.78 is 0. The van der Waals surface area contributed by atoms with Crippen molar-refractivity contribution in [1.82, 2.24) is 10.2 Å². The summed E-state index contributed by atoms with van der Waals surface area (Å²) >= 11 is 0. The third kappa shape index (κ3) is 4.21. The number of carbonyl (C=O) groups is 1. The van der Waals surface area contributed by atoms with Crippen LogP contribution in [0.25, 0.3) is 0 Å². The molecule has 1 amide bonds. The van der Waals surface area contributed by atoms with Crippen molar-refractivity contribution in [2.24, 2.45) is 11.3 Å². The third-order valence-electron chi connectivity index (χ3n) is 5.90. The standard InChI is InChI=1S/C18H34N2O/c1-17(2,3)15-8-12-20(13-9-15)16(21)14-18(19-4)10-6-5-7-11-18/h15,19H,5-14H2,1-4H3. The molecule has 2 fully saturated rings. The van der Waals surface area contributed by atoms with Crippen molar-refractivity contribution in [3.05, 3.63) is 0 Å². The van der Waals surface area contributed by atoms with E-state index in [0.717, 1.165) is 31.8 Å². The Labute approximate surface area is 130 Å². The van der Waals surface area contributed by atoms with Gasteiger partial charge in [-0.1, -0.05) is 40.0 Å². The molecule has 122 valence electrons. The van der Waals surface area contributed by atoms with E-state index in [1.54, 1.807) is 0 Å². The van der Waals surface area contributed by atoms with E-state index in [1.165, 1.54) is 32.1 Å². The average molecular weight is 294 g/mol. The van der Waals surface area contributed by atoms with E-state index in [-0.39, 0.29) is 5.54 Å². The molecule has 0 spiro atoms. The Morgan fingerprint density at radius 2 is 1.71 bits per heavy atom. The molecule has 0 aromatic carbocycles. The van der Waals surface area contributed by atoms with Crippen molar-refractivity contribution >= 4 is 5.91 Å². The van der Waals surface area contributed by atoms with Crippen LogP contribution in [0.1, 0.15) is 72.1 Å². The van der Waals surface area contributed by atoms with Gasteiger partial charge in [0.1, 0.15) is 0 Å². The Morgan fingerprint density at radius 1 is 1.14 bits per heavy atom. The molecule has 0 aromatic rings. The second-order valence-corrected chi connectivity index (χ2v) is 8.29. The lowest BCUT2D eigenvalue weighted by atomic mass is 9.75. The predicted octanol–water partition coefficient (Wildman–Crippen LogP) is 3.58. The molecule has 2 rings (SSSR count). The quantitative estimate of drug-likeness (QED) is 0.863. The van der Waals surface area contributed by atoms with Gasteiger partial charge in [-0.25, -0.2) is 0 Å². The maximum atomic E-state index is 12.7. The van der Waals surface area contributed by atoms with Crippen LogP contribution in [-0.4, -0.2) is 36.5 Å². The minimum atomic E-state index is 0.0796. The summed E-state index contributed by atoms with van der Waals surface area (Å²) in [4.78, 5) is 14.8. The van der Waals surface area contributed by atoms with E-state index < -0.39 is 0 Å². The van der Waals surface area contributed by atoms with E-state index in [9.17, 15) is 4.79 Å². The number of carbonyl (C=O) groups excluding carboxylic acids is 1. The van der Waals surface area contributed by atoms with E-state index >= 15 is 0 Å². The zero-order chi connectivity index (χ0) is 15.5. The molecule has 0 bridgehead atoms. The largest absolute Gasteiger partial charge is 0.343 e. The number of nitrogens with one attached hydrogen (secondary N) is 1. The van der Waals surface area contributed by atoms with Gasteiger partial charge in [-0.2, -0.15) is 0 Å². The van der Waals surface area contributed by atoms with Crippen molar-refractivity contribution in [2.45, 2.75) is 77.7 Å². The van der Waals surface area contributed by atoms with Crippen LogP contribution < -0.4 is 5.32 Å². The van der Waals surface area contributed by atoms with Gasteiger partial charge in [-0.3, -0.25) is 4.79 Å². The molecule has 1 saturated carbocycles. The summed E-state index contributed by atoms with van der Waals surface area (Å²) in [6, 6.07) is 0. The molecule has 0 radical (unpaired) electrons. The molecule has 3 heteroatoms. The molecule has 1 aliphatic carbocycles. The summed E-state index contributed by atoms with van der Waals surface area (Å²) in [5, 5.41) is 3.47. The number of rotatable bonds is 3. The van der Waals surface area contributed by atoms with Crippen LogP contribution in [0.2, 0.25) is 0 Å². The number of hydrogen-bond donors (Lipinski definition) is 1. The van der Waals surface area contributed by atoms with Crippen LogP contribution >= 0.6 is 0 Å². The number of amides is 1. The molecule has 21 heavy (non-hydrogen) atoms. The molecule has 0 aromatic heterocycles. The van der Waals surface area contributed by atoms with Crippen LogP contribution in [0.3, 0.4) is 0 Å². The van der Waals surface area contributed by atoms with Crippen LogP contribution in [0.5, 0.6) is 0 Å². The van der Waals surface area contributed by atoms with Crippen molar-refractivity contribution in [1.29, 1.82) is 0 Å². The Morgan fingerprint density at radius 3 is 2.19 bits per heavy atom. The number of piperidine rings is 1. The van der Waals surface area contributed by atoms with Gasteiger partial charge in [0.2, 0.25) is 5.91 Å². The fourth-order valence-corrected chi connectivity index (χ4v) is 4.14. The van der Waals surface area contributed by atoms with Gasteiger partial charge in [0, 0.05) is 25.0 Å². The highest BCUT2D eigenvalue weighted by atomic mass is 16.2. The first-order chi connectivity index (χ1) is 9.86. The normalized spacial score (nSPS) is 24.1. The molecule has 3 nitrogen and oxygen atoms in total. The smallest absolute Gasteiger partial charge is 0.224 e. The van der Waals surface area contributed by atoms with Gasteiger partial charge in [-0.15, -0.1) is 0 Å². The van der Waals surface area contributed by atoms with Crippen molar-refractivity contribution in [2.75, 3.05) is 20.1 Å². The minimum absolute atomic E-state index is 0.0796. The lowest BCUT2D eigenvalue weighted by Crippen LogP contribution is -2.50. The highest BCUT2D eigenvalue weighted by Gasteiger charge is 2.36. The summed E-state index contributed by atoms with van der Waals surface area (Å²) in [7, 11) is 2.03. The Balaban J connectivity index is 1.87. The van der Waals surface area contributed by atoms with E-state index in [0.29, 0.717) is 17.7 Å². The summed E-state index contributed by atoms with van der Waals surface area (Å²) in [5.74, 6) is 1.13. The maximum absolute atomic E-state index is 12.7. The Hall–Kier alpha value is -0.570. The summed E-state index contributed by atoms with van der Waals surface area (Å²) in [5.41, 5.74) is 0.459. The fourth-order valence-electron chi connectivity index (χ4n) is 4.14. The maximum Gasteiger partial charge on any atom is 0.224 e. The van der Waals surface area contributed by atoms with Gasteiger partial charge in [0.25, 0.3) is 0 Å². The SMILES string of the molecule is CNC1(CC(=O)N2CCC(C(C)(C)C)CC2)CCCCC1. The summed E-state index contributed by atoms with van der Waals surface area (Å²) in [6.07, 6.45) is 9.21. The van der Waals surface area contributed by atoms with E-state index in [1.807, 2.05) is 7.05 Å². The Kier molecular flexibility index (Phi) is 5.34. The number of hydrogen-bond acceptors (Lipinski definition) is 2. The first kappa shape index (κ1) is 16.8. The summed E-state index contributed by atoms with van der Waals surface area (Å²) in [6.45, 7) is 8.90. The lowest BCUT2D eigenvalue weighted by molar-refractivity contribution is -0.135. The van der Waals surface area contributed by atoms with Crippen LogP contribution in [0.4, 0.5) is 0 Å². The molecule has 0 atom stereocenters. The van der Waals surface area contributed by atoms with Crippen molar-refractivity contribution < 1.29 is 4.79 Å². The molecule has 1 saturated heterocycles.